The molecule has 1 rings (SSSR count). The first-order chi connectivity index (χ1) is 9.70. The SMILES string of the molecule is CC(C)(C)[C@@H](NC(=O)CCOc1ccc(Br)cc1)C(=O)O. The van der Waals surface area contributed by atoms with Gasteiger partial charge in [0.15, 0.2) is 0 Å². The molecule has 0 heterocycles. The lowest BCUT2D eigenvalue weighted by molar-refractivity contribution is -0.145. The molecule has 1 atom stereocenters. The summed E-state index contributed by atoms with van der Waals surface area (Å²) < 4.78 is 6.38. The maximum Gasteiger partial charge on any atom is 0.326 e. The molecular formula is C15H20BrNO4. The van der Waals surface area contributed by atoms with E-state index in [9.17, 15) is 9.59 Å². The van der Waals surface area contributed by atoms with E-state index in [0.717, 1.165) is 4.47 Å². The molecule has 2 N–H and O–H groups in total. The molecule has 5 nitrogen and oxygen atoms in total. The monoisotopic (exact) mass is 357 g/mol. The average Bonchev–Trinajstić information content (AvgIpc) is 2.36. The lowest BCUT2D eigenvalue weighted by Gasteiger charge is -2.27. The fourth-order valence-electron chi connectivity index (χ4n) is 1.67. The van der Waals surface area contributed by atoms with E-state index in [4.69, 9.17) is 9.84 Å². The van der Waals surface area contributed by atoms with E-state index in [0.29, 0.717) is 5.75 Å². The van der Waals surface area contributed by atoms with E-state index in [1.807, 2.05) is 12.1 Å². The lowest BCUT2D eigenvalue weighted by Crippen LogP contribution is -2.49. The van der Waals surface area contributed by atoms with Gasteiger partial charge in [0.2, 0.25) is 5.91 Å². The summed E-state index contributed by atoms with van der Waals surface area (Å²) in [6.45, 7) is 5.50. The molecule has 0 radical (unpaired) electrons. The number of carboxylic acid groups (broad SMARTS) is 1. The number of benzene rings is 1. The van der Waals surface area contributed by atoms with E-state index in [1.54, 1.807) is 32.9 Å². The summed E-state index contributed by atoms with van der Waals surface area (Å²) in [5.74, 6) is -0.712. The van der Waals surface area contributed by atoms with Crippen LogP contribution in [0.5, 0.6) is 5.75 Å². The predicted octanol–water partition coefficient (Wildman–Crippen LogP) is 2.83. The van der Waals surface area contributed by atoms with Gasteiger partial charge in [-0.3, -0.25) is 4.79 Å². The van der Waals surface area contributed by atoms with Crippen LogP contribution in [0.15, 0.2) is 28.7 Å². The van der Waals surface area contributed by atoms with Crippen LogP contribution in [0.3, 0.4) is 0 Å². The number of aliphatic carboxylic acids is 1. The molecule has 0 aliphatic rings. The van der Waals surface area contributed by atoms with Gasteiger partial charge >= 0.3 is 5.97 Å². The fourth-order valence-corrected chi connectivity index (χ4v) is 1.94. The maximum absolute atomic E-state index is 11.8. The summed E-state index contributed by atoms with van der Waals surface area (Å²) in [5.41, 5.74) is -0.548. The minimum absolute atomic E-state index is 0.107. The molecule has 0 spiro atoms. The summed E-state index contributed by atoms with van der Waals surface area (Å²) >= 11 is 3.32. The minimum atomic E-state index is -1.04. The Morgan fingerprint density at radius 1 is 1.29 bits per heavy atom. The molecule has 0 fully saturated rings. The lowest BCUT2D eigenvalue weighted by atomic mass is 9.86. The molecule has 6 heteroatoms. The first-order valence-electron chi connectivity index (χ1n) is 6.60. The predicted molar refractivity (Wildman–Crippen MR) is 83.3 cm³/mol. The van der Waals surface area contributed by atoms with Crippen LogP contribution in [0.2, 0.25) is 0 Å². The second-order valence-electron chi connectivity index (χ2n) is 5.76. The van der Waals surface area contributed by atoms with Crippen molar-refractivity contribution in [3.05, 3.63) is 28.7 Å². The highest BCUT2D eigenvalue weighted by Gasteiger charge is 2.32. The van der Waals surface area contributed by atoms with E-state index >= 15 is 0 Å². The zero-order chi connectivity index (χ0) is 16.0. The molecule has 1 aromatic rings. The number of carbonyl (C=O) groups excluding carboxylic acids is 1. The van der Waals surface area contributed by atoms with E-state index in [-0.39, 0.29) is 18.9 Å². The molecule has 0 saturated heterocycles. The number of carbonyl (C=O) groups is 2. The molecular weight excluding hydrogens is 338 g/mol. The third-order valence-electron chi connectivity index (χ3n) is 2.83. The van der Waals surface area contributed by atoms with Crippen molar-refractivity contribution < 1.29 is 19.4 Å². The van der Waals surface area contributed by atoms with Crippen LogP contribution < -0.4 is 10.1 Å². The highest BCUT2D eigenvalue weighted by molar-refractivity contribution is 9.10. The Bertz CT molecular complexity index is 493. The number of hydrogen-bond acceptors (Lipinski definition) is 3. The zero-order valence-corrected chi connectivity index (χ0v) is 13.9. The Kier molecular flexibility index (Phi) is 6.20. The molecule has 0 saturated carbocycles. The van der Waals surface area contributed by atoms with Crippen LogP contribution in [-0.2, 0) is 9.59 Å². The molecule has 0 aromatic heterocycles. The molecule has 1 aromatic carbocycles. The van der Waals surface area contributed by atoms with Crippen molar-refractivity contribution in [3.8, 4) is 5.75 Å². The fraction of sp³-hybridized carbons (Fsp3) is 0.467. The van der Waals surface area contributed by atoms with E-state index < -0.39 is 17.4 Å². The summed E-state index contributed by atoms with van der Waals surface area (Å²) in [6.07, 6.45) is 0.107. The van der Waals surface area contributed by atoms with Gasteiger partial charge < -0.3 is 15.2 Å². The number of hydrogen-bond donors (Lipinski definition) is 2. The van der Waals surface area contributed by atoms with E-state index in [1.165, 1.54) is 0 Å². The Morgan fingerprint density at radius 2 is 1.86 bits per heavy atom. The Labute approximate surface area is 132 Å². The number of amides is 1. The molecule has 116 valence electrons. The van der Waals surface area contributed by atoms with Crippen molar-refractivity contribution in [2.45, 2.75) is 33.2 Å². The van der Waals surface area contributed by atoms with Crippen LogP contribution in [0.25, 0.3) is 0 Å². The number of carboxylic acids is 1. The van der Waals surface area contributed by atoms with E-state index in [2.05, 4.69) is 21.2 Å². The molecule has 21 heavy (non-hydrogen) atoms. The minimum Gasteiger partial charge on any atom is -0.493 e. The van der Waals surface area contributed by atoms with Gasteiger partial charge in [0.25, 0.3) is 0 Å². The number of rotatable bonds is 6. The van der Waals surface area contributed by atoms with Crippen molar-refractivity contribution in [1.82, 2.24) is 5.32 Å². The van der Waals surface area contributed by atoms with Gasteiger partial charge in [-0.1, -0.05) is 36.7 Å². The summed E-state index contributed by atoms with van der Waals surface area (Å²) in [4.78, 5) is 22.9. The molecule has 0 unspecified atom stereocenters. The van der Waals surface area contributed by atoms with Crippen molar-refractivity contribution in [1.29, 1.82) is 0 Å². The second-order valence-corrected chi connectivity index (χ2v) is 6.67. The summed E-state index contributed by atoms with van der Waals surface area (Å²) in [5, 5.41) is 11.7. The van der Waals surface area contributed by atoms with Gasteiger partial charge in [0, 0.05) is 4.47 Å². The first-order valence-corrected chi connectivity index (χ1v) is 7.40. The largest absolute Gasteiger partial charge is 0.493 e. The highest BCUT2D eigenvalue weighted by Crippen LogP contribution is 2.19. The van der Waals surface area contributed by atoms with Gasteiger partial charge in [-0.15, -0.1) is 0 Å². The molecule has 0 aliphatic heterocycles. The number of ether oxygens (including phenoxy) is 1. The average molecular weight is 358 g/mol. The van der Waals surface area contributed by atoms with Gasteiger partial charge in [-0.25, -0.2) is 4.79 Å². The first kappa shape index (κ1) is 17.5. The normalized spacial score (nSPS) is 12.6. The number of nitrogens with one attached hydrogen (secondary N) is 1. The Balaban J connectivity index is 2.43. The van der Waals surface area contributed by atoms with Crippen molar-refractivity contribution in [3.63, 3.8) is 0 Å². The quantitative estimate of drug-likeness (QED) is 0.820. The van der Waals surface area contributed by atoms with Crippen LogP contribution in [-0.4, -0.2) is 29.6 Å². The summed E-state index contributed by atoms with van der Waals surface area (Å²) in [6, 6.07) is 6.34. The third kappa shape index (κ3) is 6.16. The van der Waals surface area contributed by atoms with Gasteiger partial charge in [-0.05, 0) is 29.7 Å². The molecule has 0 bridgehead atoms. The second kappa shape index (κ2) is 7.45. The van der Waals surface area contributed by atoms with Crippen LogP contribution in [0.1, 0.15) is 27.2 Å². The molecule has 0 aliphatic carbocycles. The zero-order valence-electron chi connectivity index (χ0n) is 12.4. The van der Waals surface area contributed by atoms with Crippen molar-refractivity contribution in [2.75, 3.05) is 6.61 Å². The third-order valence-corrected chi connectivity index (χ3v) is 3.36. The van der Waals surface area contributed by atoms with Gasteiger partial charge in [0.1, 0.15) is 11.8 Å². The van der Waals surface area contributed by atoms with Gasteiger partial charge in [0.05, 0.1) is 13.0 Å². The van der Waals surface area contributed by atoms with Crippen LogP contribution in [0.4, 0.5) is 0 Å². The van der Waals surface area contributed by atoms with Crippen molar-refractivity contribution in [2.24, 2.45) is 5.41 Å². The summed E-state index contributed by atoms with van der Waals surface area (Å²) in [7, 11) is 0. The van der Waals surface area contributed by atoms with Crippen LogP contribution >= 0.6 is 15.9 Å². The highest BCUT2D eigenvalue weighted by atomic mass is 79.9. The Morgan fingerprint density at radius 3 is 2.33 bits per heavy atom. The van der Waals surface area contributed by atoms with Crippen LogP contribution in [0, 0.1) is 5.41 Å². The van der Waals surface area contributed by atoms with Crippen molar-refractivity contribution >= 4 is 27.8 Å². The topological polar surface area (TPSA) is 75.6 Å². The standard InChI is InChI=1S/C15H20BrNO4/c1-15(2,3)13(14(19)20)17-12(18)8-9-21-11-6-4-10(16)5-7-11/h4-7,13H,8-9H2,1-3H3,(H,17,18)(H,19,20)/t13-/m0/s1. The number of halogens is 1. The molecule has 1 amide bonds. The smallest absolute Gasteiger partial charge is 0.326 e. The van der Waals surface area contributed by atoms with Gasteiger partial charge in [-0.2, -0.15) is 0 Å². The maximum atomic E-state index is 11.8. The Hall–Kier alpha value is -1.56.